The predicted molar refractivity (Wildman–Crippen MR) is 71.8 cm³/mol. The molecule has 1 aromatic heterocycles. The van der Waals surface area contributed by atoms with Gasteiger partial charge in [-0.3, -0.25) is 0 Å². The Bertz CT molecular complexity index is 357. The number of pyridine rings is 1. The first-order chi connectivity index (χ1) is 7.63. The molecule has 1 fully saturated rings. The molecule has 2 rings (SSSR count). The first-order valence-electron chi connectivity index (χ1n) is 6.00. The van der Waals surface area contributed by atoms with Crippen molar-refractivity contribution < 1.29 is 0 Å². The van der Waals surface area contributed by atoms with Crippen LogP contribution in [0.3, 0.4) is 0 Å². The normalized spacial score (nSPS) is 19.8. The van der Waals surface area contributed by atoms with Crippen LogP contribution in [0.5, 0.6) is 0 Å². The third kappa shape index (κ3) is 2.57. The van der Waals surface area contributed by atoms with Crippen molar-refractivity contribution in [1.29, 1.82) is 0 Å². The van der Waals surface area contributed by atoms with Gasteiger partial charge in [0.2, 0.25) is 0 Å². The molecule has 2 nitrogen and oxygen atoms in total. The number of halogens is 1. The van der Waals surface area contributed by atoms with Crippen LogP contribution in [-0.4, -0.2) is 18.1 Å². The average molecular weight is 283 g/mol. The van der Waals surface area contributed by atoms with Crippen LogP contribution >= 0.6 is 15.9 Å². The minimum absolute atomic E-state index is 0.544. The van der Waals surface area contributed by atoms with Gasteiger partial charge in [0, 0.05) is 13.1 Å². The monoisotopic (exact) mass is 282 g/mol. The summed E-state index contributed by atoms with van der Waals surface area (Å²) in [5.74, 6) is 1.10. The zero-order valence-corrected chi connectivity index (χ0v) is 11.6. The first kappa shape index (κ1) is 11.9. The highest BCUT2D eigenvalue weighted by Gasteiger charge is 2.28. The highest BCUT2D eigenvalue weighted by molar-refractivity contribution is 9.10. The van der Waals surface area contributed by atoms with Gasteiger partial charge in [-0.2, -0.15) is 0 Å². The summed E-state index contributed by atoms with van der Waals surface area (Å²) >= 11 is 3.43. The molecule has 88 valence electrons. The van der Waals surface area contributed by atoms with Crippen molar-refractivity contribution in [3.05, 3.63) is 22.8 Å². The number of rotatable bonds is 2. The van der Waals surface area contributed by atoms with Crippen molar-refractivity contribution in [3.8, 4) is 0 Å². The zero-order chi connectivity index (χ0) is 11.6. The topological polar surface area (TPSA) is 16.1 Å². The van der Waals surface area contributed by atoms with E-state index in [4.69, 9.17) is 0 Å². The maximum Gasteiger partial charge on any atom is 0.129 e. The third-order valence-corrected chi connectivity index (χ3v) is 4.29. The molecule has 0 amide bonds. The van der Waals surface area contributed by atoms with E-state index in [1.165, 1.54) is 19.3 Å². The molecule has 0 aliphatic carbocycles. The second kappa shape index (κ2) is 4.74. The van der Waals surface area contributed by atoms with Gasteiger partial charge in [-0.1, -0.05) is 26.3 Å². The van der Waals surface area contributed by atoms with Crippen LogP contribution in [0, 0.1) is 5.41 Å². The van der Waals surface area contributed by atoms with E-state index < -0.39 is 0 Å². The summed E-state index contributed by atoms with van der Waals surface area (Å²) in [5, 5.41) is 0. The molecule has 1 aromatic rings. The molecule has 0 aromatic carbocycles. The Morgan fingerprint density at radius 3 is 2.62 bits per heavy atom. The minimum atomic E-state index is 0.544. The summed E-state index contributed by atoms with van der Waals surface area (Å²) in [5.41, 5.74) is 0.544. The molecule has 2 heterocycles. The van der Waals surface area contributed by atoms with Crippen LogP contribution in [-0.2, 0) is 0 Å². The fourth-order valence-electron chi connectivity index (χ4n) is 2.20. The molecule has 3 heteroatoms. The van der Waals surface area contributed by atoms with Crippen molar-refractivity contribution in [1.82, 2.24) is 4.98 Å². The van der Waals surface area contributed by atoms with E-state index in [0.717, 1.165) is 23.5 Å². The Morgan fingerprint density at radius 2 is 2.06 bits per heavy atom. The maximum absolute atomic E-state index is 4.51. The Balaban J connectivity index is 2.04. The highest BCUT2D eigenvalue weighted by Crippen LogP contribution is 2.35. The first-order valence-corrected chi connectivity index (χ1v) is 6.80. The summed E-state index contributed by atoms with van der Waals surface area (Å²) in [6, 6.07) is 6.13. The molecule has 0 unspecified atom stereocenters. The summed E-state index contributed by atoms with van der Waals surface area (Å²) in [6.07, 6.45) is 3.84. The molecule has 0 atom stereocenters. The molecule has 16 heavy (non-hydrogen) atoms. The zero-order valence-electron chi connectivity index (χ0n) is 10.0. The molecular weight excluding hydrogens is 264 g/mol. The number of nitrogens with zero attached hydrogens (tertiary/aromatic N) is 2. The number of aromatic nitrogens is 1. The van der Waals surface area contributed by atoms with Gasteiger partial charge in [-0.05, 0) is 46.3 Å². The van der Waals surface area contributed by atoms with E-state index in [1.54, 1.807) is 0 Å². The van der Waals surface area contributed by atoms with Crippen molar-refractivity contribution >= 4 is 21.7 Å². The summed E-state index contributed by atoms with van der Waals surface area (Å²) in [7, 11) is 0. The fraction of sp³-hybridized carbons (Fsp3) is 0.615. The minimum Gasteiger partial charge on any atom is -0.357 e. The molecule has 0 bridgehead atoms. The van der Waals surface area contributed by atoms with Crippen LogP contribution in [0.1, 0.15) is 33.1 Å². The van der Waals surface area contributed by atoms with Crippen molar-refractivity contribution in [3.63, 3.8) is 0 Å². The third-order valence-electron chi connectivity index (χ3n) is 3.85. The number of piperidine rings is 1. The Morgan fingerprint density at radius 1 is 1.38 bits per heavy atom. The van der Waals surface area contributed by atoms with Gasteiger partial charge >= 0.3 is 0 Å². The van der Waals surface area contributed by atoms with E-state index in [9.17, 15) is 0 Å². The molecule has 0 radical (unpaired) electrons. The lowest BCUT2D eigenvalue weighted by Gasteiger charge is -2.39. The number of hydrogen-bond acceptors (Lipinski definition) is 2. The molecule has 0 N–H and O–H groups in total. The second-order valence-electron chi connectivity index (χ2n) is 4.97. The summed E-state index contributed by atoms with van der Waals surface area (Å²) in [6.45, 7) is 6.97. The summed E-state index contributed by atoms with van der Waals surface area (Å²) < 4.78 is 0.925. The highest BCUT2D eigenvalue weighted by atomic mass is 79.9. The molecule has 1 saturated heterocycles. The van der Waals surface area contributed by atoms with Crippen LogP contribution in [0.4, 0.5) is 5.82 Å². The maximum atomic E-state index is 4.51. The van der Waals surface area contributed by atoms with Gasteiger partial charge in [-0.15, -0.1) is 0 Å². The average Bonchev–Trinajstić information content (AvgIpc) is 2.30. The van der Waals surface area contributed by atoms with Crippen molar-refractivity contribution in [2.75, 3.05) is 18.0 Å². The van der Waals surface area contributed by atoms with E-state index in [0.29, 0.717) is 5.41 Å². The fourth-order valence-corrected chi connectivity index (χ4v) is 2.54. The summed E-state index contributed by atoms with van der Waals surface area (Å²) in [4.78, 5) is 6.90. The number of anilines is 1. The lowest BCUT2D eigenvalue weighted by atomic mass is 9.78. The predicted octanol–water partition coefficient (Wildman–Crippen LogP) is 3.86. The Hall–Kier alpha value is -0.570. The number of hydrogen-bond donors (Lipinski definition) is 0. The van der Waals surface area contributed by atoms with Gasteiger partial charge in [0.1, 0.15) is 10.4 Å². The van der Waals surface area contributed by atoms with Crippen molar-refractivity contribution in [2.24, 2.45) is 5.41 Å². The SMILES string of the molecule is CCC1(C)CCN(c2cccc(Br)n2)CC1. The Kier molecular flexibility index (Phi) is 3.53. The van der Waals surface area contributed by atoms with Crippen LogP contribution in [0.15, 0.2) is 22.8 Å². The van der Waals surface area contributed by atoms with Crippen LogP contribution in [0.2, 0.25) is 0 Å². The smallest absolute Gasteiger partial charge is 0.129 e. The molecular formula is C13H19BrN2. The lowest BCUT2D eigenvalue weighted by molar-refractivity contribution is 0.238. The molecule has 1 aliphatic rings. The van der Waals surface area contributed by atoms with Gasteiger partial charge in [0.25, 0.3) is 0 Å². The van der Waals surface area contributed by atoms with E-state index in [2.05, 4.69) is 51.8 Å². The van der Waals surface area contributed by atoms with Gasteiger partial charge in [0.15, 0.2) is 0 Å². The lowest BCUT2D eigenvalue weighted by Crippen LogP contribution is -2.38. The van der Waals surface area contributed by atoms with Crippen LogP contribution < -0.4 is 4.90 Å². The second-order valence-corrected chi connectivity index (χ2v) is 5.78. The molecule has 0 saturated carbocycles. The molecule has 0 spiro atoms. The standard InChI is InChI=1S/C13H19BrN2/c1-3-13(2)7-9-16(10-8-13)12-6-4-5-11(14)15-12/h4-6H,3,7-10H2,1-2H3. The van der Waals surface area contributed by atoms with Crippen LogP contribution in [0.25, 0.3) is 0 Å². The van der Waals surface area contributed by atoms with Crippen molar-refractivity contribution in [2.45, 2.75) is 33.1 Å². The van der Waals surface area contributed by atoms with E-state index in [1.807, 2.05) is 6.07 Å². The van der Waals surface area contributed by atoms with Gasteiger partial charge < -0.3 is 4.90 Å². The van der Waals surface area contributed by atoms with E-state index in [-0.39, 0.29) is 0 Å². The van der Waals surface area contributed by atoms with E-state index >= 15 is 0 Å². The molecule has 1 aliphatic heterocycles. The Labute approximate surface area is 106 Å². The quantitative estimate of drug-likeness (QED) is 0.766. The van der Waals surface area contributed by atoms with Gasteiger partial charge in [-0.25, -0.2) is 4.98 Å². The largest absolute Gasteiger partial charge is 0.357 e. The van der Waals surface area contributed by atoms with Gasteiger partial charge in [0.05, 0.1) is 0 Å².